The number of fused-ring (bicyclic) bond motifs is 2. The highest BCUT2D eigenvalue weighted by Gasteiger charge is 2.35. The monoisotopic (exact) mass is 291 g/mol. The average Bonchev–Trinajstić information content (AvgIpc) is 2.66. The highest BCUT2D eigenvalue weighted by molar-refractivity contribution is 5.55. The zero-order valence-corrected chi connectivity index (χ0v) is 13.1. The third-order valence-corrected chi connectivity index (χ3v) is 5.11. The van der Waals surface area contributed by atoms with Crippen LogP contribution >= 0.6 is 0 Å². The van der Waals surface area contributed by atoms with Crippen molar-refractivity contribution in [2.75, 3.05) is 25.0 Å². The normalized spacial score (nSPS) is 27.7. The van der Waals surface area contributed by atoms with Crippen LogP contribution in [0.2, 0.25) is 0 Å². The molecule has 3 nitrogen and oxygen atoms in total. The van der Waals surface area contributed by atoms with Crippen LogP contribution < -0.4 is 10.6 Å². The predicted octanol–water partition coefficient (Wildman–Crippen LogP) is 2.39. The van der Waals surface area contributed by atoms with Gasteiger partial charge in [-0.3, -0.25) is 4.90 Å². The number of nitrogens with zero attached hydrogens (tertiary/aromatic N) is 2. The molecule has 0 spiro atoms. The standard InChI is InChI=1S/C17H26FN3/c1-12(19)10-15-16(18)4-3-5-17(15)21-9-8-13-6-7-14(11-21)20(13)2/h3-5,12-14H,6-11,19H2,1-2H3. The van der Waals surface area contributed by atoms with Crippen molar-refractivity contribution >= 4 is 5.69 Å². The van der Waals surface area contributed by atoms with E-state index in [1.54, 1.807) is 6.07 Å². The fourth-order valence-corrected chi connectivity index (χ4v) is 3.90. The number of hydrogen-bond donors (Lipinski definition) is 1. The van der Waals surface area contributed by atoms with Gasteiger partial charge in [-0.25, -0.2) is 4.39 Å². The fourth-order valence-electron chi connectivity index (χ4n) is 3.90. The van der Waals surface area contributed by atoms with Crippen LogP contribution in [0.3, 0.4) is 0 Å². The fraction of sp³-hybridized carbons (Fsp3) is 0.647. The summed E-state index contributed by atoms with van der Waals surface area (Å²) in [5.41, 5.74) is 7.75. The molecule has 3 atom stereocenters. The van der Waals surface area contributed by atoms with Crippen molar-refractivity contribution in [1.29, 1.82) is 0 Å². The van der Waals surface area contributed by atoms with Gasteiger partial charge in [-0.2, -0.15) is 0 Å². The van der Waals surface area contributed by atoms with E-state index < -0.39 is 0 Å². The lowest BCUT2D eigenvalue weighted by Crippen LogP contribution is -2.37. The van der Waals surface area contributed by atoms with Crippen molar-refractivity contribution in [3.05, 3.63) is 29.6 Å². The number of benzene rings is 1. The maximum atomic E-state index is 14.2. The Morgan fingerprint density at radius 1 is 1.29 bits per heavy atom. The summed E-state index contributed by atoms with van der Waals surface area (Å²) in [6.07, 6.45) is 4.34. The van der Waals surface area contributed by atoms with Crippen LogP contribution in [0.5, 0.6) is 0 Å². The Morgan fingerprint density at radius 2 is 2.05 bits per heavy atom. The second-order valence-corrected chi connectivity index (χ2v) is 6.70. The van der Waals surface area contributed by atoms with E-state index >= 15 is 0 Å². The number of halogens is 1. The van der Waals surface area contributed by atoms with Crippen LogP contribution in [0.25, 0.3) is 0 Å². The first kappa shape index (κ1) is 14.8. The highest BCUT2D eigenvalue weighted by Crippen LogP contribution is 2.33. The van der Waals surface area contributed by atoms with Crippen LogP contribution in [0.1, 0.15) is 31.7 Å². The van der Waals surface area contributed by atoms with Gasteiger partial charge >= 0.3 is 0 Å². The summed E-state index contributed by atoms with van der Waals surface area (Å²) >= 11 is 0. The molecule has 2 aliphatic rings. The Morgan fingerprint density at radius 3 is 2.81 bits per heavy atom. The summed E-state index contributed by atoms with van der Waals surface area (Å²) in [4.78, 5) is 4.89. The van der Waals surface area contributed by atoms with E-state index in [0.717, 1.165) is 24.3 Å². The van der Waals surface area contributed by atoms with Crippen LogP contribution in [0.15, 0.2) is 18.2 Å². The molecule has 0 aliphatic carbocycles. The topological polar surface area (TPSA) is 32.5 Å². The SMILES string of the molecule is CC(N)Cc1c(F)cccc1N1CCC2CCC(C1)N2C. The number of anilines is 1. The molecule has 3 unspecified atom stereocenters. The van der Waals surface area contributed by atoms with E-state index in [9.17, 15) is 4.39 Å². The lowest BCUT2D eigenvalue weighted by molar-refractivity contribution is 0.254. The molecule has 0 amide bonds. The summed E-state index contributed by atoms with van der Waals surface area (Å²) in [7, 11) is 2.24. The predicted molar refractivity (Wildman–Crippen MR) is 85.2 cm³/mol. The average molecular weight is 291 g/mol. The molecule has 2 aliphatic heterocycles. The molecule has 116 valence electrons. The van der Waals surface area contributed by atoms with Gasteiger partial charge in [-0.05, 0) is 51.8 Å². The van der Waals surface area contributed by atoms with E-state index in [0.29, 0.717) is 18.5 Å². The minimum absolute atomic E-state index is 0.0215. The van der Waals surface area contributed by atoms with Crippen molar-refractivity contribution in [2.24, 2.45) is 5.73 Å². The van der Waals surface area contributed by atoms with Crippen molar-refractivity contribution in [2.45, 2.75) is 50.7 Å². The van der Waals surface area contributed by atoms with Gasteiger partial charge in [0.1, 0.15) is 5.82 Å². The van der Waals surface area contributed by atoms with Gasteiger partial charge in [-0.15, -0.1) is 0 Å². The quantitative estimate of drug-likeness (QED) is 0.928. The van der Waals surface area contributed by atoms with E-state index in [4.69, 9.17) is 5.73 Å². The number of nitrogens with two attached hydrogens (primary N) is 1. The highest BCUT2D eigenvalue weighted by atomic mass is 19.1. The first-order valence-corrected chi connectivity index (χ1v) is 8.06. The molecular weight excluding hydrogens is 265 g/mol. The first-order valence-electron chi connectivity index (χ1n) is 8.06. The van der Waals surface area contributed by atoms with Gasteiger partial charge in [0.15, 0.2) is 0 Å². The van der Waals surface area contributed by atoms with E-state index in [1.165, 1.54) is 19.3 Å². The van der Waals surface area contributed by atoms with Crippen molar-refractivity contribution in [1.82, 2.24) is 4.90 Å². The van der Waals surface area contributed by atoms with E-state index in [2.05, 4.69) is 22.9 Å². The molecule has 3 rings (SSSR count). The smallest absolute Gasteiger partial charge is 0.128 e. The molecule has 21 heavy (non-hydrogen) atoms. The Kier molecular flexibility index (Phi) is 4.18. The summed E-state index contributed by atoms with van der Waals surface area (Å²) in [5, 5.41) is 0. The molecule has 0 saturated carbocycles. The van der Waals surface area contributed by atoms with Crippen molar-refractivity contribution < 1.29 is 4.39 Å². The van der Waals surface area contributed by atoms with Crippen LogP contribution in [-0.2, 0) is 6.42 Å². The number of hydrogen-bond acceptors (Lipinski definition) is 3. The zero-order chi connectivity index (χ0) is 15.0. The van der Waals surface area contributed by atoms with Gasteiger partial charge in [-0.1, -0.05) is 6.07 Å². The van der Waals surface area contributed by atoms with Gasteiger partial charge in [0, 0.05) is 42.5 Å². The van der Waals surface area contributed by atoms with Gasteiger partial charge < -0.3 is 10.6 Å². The first-order chi connectivity index (χ1) is 10.1. The second-order valence-electron chi connectivity index (χ2n) is 6.70. The Hall–Kier alpha value is -1.13. The van der Waals surface area contributed by atoms with Gasteiger partial charge in [0.2, 0.25) is 0 Å². The summed E-state index contributed by atoms with van der Waals surface area (Å²) in [5.74, 6) is -0.118. The number of rotatable bonds is 3. The molecular formula is C17H26FN3. The van der Waals surface area contributed by atoms with Crippen molar-refractivity contribution in [3.8, 4) is 0 Å². The molecule has 1 aromatic rings. The maximum Gasteiger partial charge on any atom is 0.128 e. The molecule has 2 bridgehead atoms. The lowest BCUT2D eigenvalue weighted by Gasteiger charge is -2.30. The second kappa shape index (κ2) is 5.93. The Balaban J connectivity index is 1.88. The third-order valence-electron chi connectivity index (χ3n) is 5.11. The molecule has 0 radical (unpaired) electrons. The summed E-state index contributed by atoms with van der Waals surface area (Å²) < 4.78 is 14.2. The number of likely N-dealkylation sites (N-methyl/N-ethyl adjacent to an activating group) is 1. The Bertz CT molecular complexity index is 503. The molecule has 0 aromatic heterocycles. The minimum atomic E-state index is -0.118. The lowest BCUT2D eigenvalue weighted by atomic mass is 10.0. The Labute approximate surface area is 126 Å². The summed E-state index contributed by atoms with van der Waals surface area (Å²) in [6, 6.07) is 6.71. The third kappa shape index (κ3) is 2.92. The van der Waals surface area contributed by atoms with Crippen molar-refractivity contribution in [3.63, 3.8) is 0 Å². The van der Waals surface area contributed by atoms with Crippen LogP contribution in [0, 0.1) is 5.82 Å². The maximum absolute atomic E-state index is 14.2. The zero-order valence-electron chi connectivity index (χ0n) is 13.1. The molecule has 2 N–H and O–H groups in total. The van der Waals surface area contributed by atoms with Gasteiger partial charge in [0.25, 0.3) is 0 Å². The minimum Gasteiger partial charge on any atom is -0.370 e. The van der Waals surface area contributed by atoms with Crippen LogP contribution in [0.4, 0.5) is 10.1 Å². The molecule has 2 fully saturated rings. The molecule has 2 heterocycles. The van der Waals surface area contributed by atoms with E-state index in [1.807, 2.05) is 13.0 Å². The molecule has 2 saturated heterocycles. The summed E-state index contributed by atoms with van der Waals surface area (Å²) in [6.45, 7) is 3.96. The molecule has 1 aromatic carbocycles. The van der Waals surface area contributed by atoms with E-state index in [-0.39, 0.29) is 11.9 Å². The molecule has 4 heteroatoms. The van der Waals surface area contributed by atoms with Gasteiger partial charge in [0.05, 0.1) is 0 Å². The largest absolute Gasteiger partial charge is 0.370 e. The van der Waals surface area contributed by atoms with Crippen LogP contribution in [-0.4, -0.2) is 43.2 Å².